The predicted octanol–water partition coefficient (Wildman–Crippen LogP) is 1.43. The lowest BCUT2D eigenvalue weighted by Gasteiger charge is -2.15. The Morgan fingerprint density at radius 1 is 1.56 bits per heavy atom. The molecule has 0 saturated carbocycles. The Bertz CT molecular complexity index is 429. The van der Waals surface area contributed by atoms with Crippen LogP contribution in [0.25, 0.3) is 0 Å². The van der Waals surface area contributed by atoms with Gasteiger partial charge in [0.05, 0.1) is 0 Å². The fraction of sp³-hybridized carbons (Fsp3) is 0.667. The van der Waals surface area contributed by atoms with Crippen LogP contribution in [-0.2, 0) is 17.1 Å². The van der Waals surface area contributed by atoms with Gasteiger partial charge in [0.2, 0.25) is 0 Å². The number of aromatic nitrogens is 3. The molecule has 0 aromatic carbocycles. The van der Waals surface area contributed by atoms with Crippen molar-refractivity contribution in [3.05, 3.63) is 12.2 Å². The molecule has 0 fully saturated rings. The van der Waals surface area contributed by atoms with Crippen molar-refractivity contribution in [3.63, 3.8) is 0 Å². The van der Waals surface area contributed by atoms with E-state index in [0.717, 1.165) is 12.7 Å². The summed E-state index contributed by atoms with van der Waals surface area (Å²) < 4.78 is 7.05. The Balaban J connectivity index is 2.44. The minimum Gasteiger partial charge on any atom is -0.371 e. The minimum absolute atomic E-state index is 0.221. The molecular weight excluding hydrogens is 246 g/mol. The first-order valence-corrected chi connectivity index (χ1v) is 9.63. The van der Waals surface area contributed by atoms with Gasteiger partial charge in [-0.25, -0.2) is 9.67 Å². The molecule has 100 valence electrons. The molecular formula is C12H21N3O2Si. The summed E-state index contributed by atoms with van der Waals surface area (Å²) in [5.41, 5.74) is -1.43. The summed E-state index contributed by atoms with van der Waals surface area (Å²) in [5, 5.41) is 13.9. The molecule has 1 atom stereocenters. The summed E-state index contributed by atoms with van der Waals surface area (Å²) in [5.74, 6) is 2.46. The molecule has 1 N–H and O–H groups in total. The van der Waals surface area contributed by atoms with E-state index in [1.54, 1.807) is 0 Å². The minimum atomic E-state index is -1.43. The van der Waals surface area contributed by atoms with Gasteiger partial charge in [0, 0.05) is 14.7 Å². The molecule has 18 heavy (non-hydrogen) atoms. The normalized spacial score (nSPS) is 15.1. The van der Waals surface area contributed by atoms with Gasteiger partial charge in [-0.15, -0.1) is 11.5 Å². The lowest BCUT2D eigenvalue weighted by molar-refractivity contribution is 0.0745. The Kier molecular flexibility index (Phi) is 4.68. The topological polar surface area (TPSA) is 60.2 Å². The zero-order chi connectivity index (χ0) is 13.8. The van der Waals surface area contributed by atoms with Gasteiger partial charge in [0.1, 0.15) is 13.1 Å². The summed E-state index contributed by atoms with van der Waals surface area (Å²) >= 11 is 0. The van der Waals surface area contributed by atoms with E-state index < -0.39 is 13.7 Å². The third-order valence-corrected chi connectivity index (χ3v) is 4.18. The lowest BCUT2D eigenvalue weighted by Crippen LogP contribution is -2.22. The smallest absolute Gasteiger partial charge is 0.194 e. The molecule has 5 nitrogen and oxygen atoms in total. The van der Waals surface area contributed by atoms with Crippen LogP contribution in [-0.4, -0.2) is 34.6 Å². The fourth-order valence-corrected chi connectivity index (χ4v) is 1.94. The maximum Gasteiger partial charge on any atom is 0.194 e. The number of hydrogen-bond acceptors (Lipinski definition) is 4. The third-order valence-electron chi connectivity index (χ3n) is 2.47. The highest BCUT2D eigenvalue weighted by Crippen LogP contribution is 2.14. The van der Waals surface area contributed by atoms with Gasteiger partial charge in [0.25, 0.3) is 0 Å². The van der Waals surface area contributed by atoms with Crippen molar-refractivity contribution in [1.29, 1.82) is 0 Å². The average Bonchev–Trinajstić information content (AvgIpc) is 2.72. The maximum absolute atomic E-state index is 9.78. The van der Waals surface area contributed by atoms with Crippen LogP contribution in [0.15, 0.2) is 6.33 Å². The molecule has 0 aliphatic carbocycles. The van der Waals surface area contributed by atoms with Gasteiger partial charge < -0.3 is 9.84 Å². The molecule has 0 aliphatic heterocycles. The highest BCUT2D eigenvalue weighted by Gasteiger charge is 2.24. The third kappa shape index (κ3) is 4.60. The summed E-state index contributed by atoms with van der Waals surface area (Å²) in [6, 6.07) is 1.11. The van der Waals surface area contributed by atoms with Crippen LogP contribution in [0.2, 0.25) is 25.7 Å². The molecule has 1 heterocycles. The predicted molar refractivity (Wildman–Crippen MR) is 72.5 cm³/mol. The Morgan fingerprint density at radius 2 is 2.22 bits per heavy atom. The number of hydrogen-bond donors (Lipinski definition) is 1. The zero-order valence-electron chi connectivity index (χ0n) is 11.5. The number of rotatable bonds is 6. The molecule has 1 rings (SSSR count). The number of nitrogens with zero attached hydrogens (tertiary/aromatic N) is 3. The van der Waals surface area contributed by atoms with Crippen molar-refractivity contribution >= 4 is 8.07 Å². The van der Waals surface area contributed by atoms with Crippen molar-refractivity contribution in [3.8, 4) is 12.3 Å². The second-order valence-corrected chi connectivity index (χ2v) is 11.3. The van der Waals surface area contributed by atoms with E-state index in [1.807, 2.05) is 0 Å². The highest BCUT2D eigenvalue weighted by molar-refractivity contribution is 6.76. The lowest BCUT2D eigenvalue weighted by atomic mass is 10.1. The quantitative estimate of drug-likeness (QED) is 0.481. The maximum atomic E-state index is 9.78. The summed E-state index contributed by atoms with van der Waals surface area (Å²) in [7, 11) is -1.06. The van der Waals surface area contributed by atoms with Crippen LogP contribution in [0.1, 0.15) is 12.7 Å². The van der Waals surface area contributed by atoms with Gasteiger partial charge in [-0.3, -0.25) is 0 Å². The molecule has 1 aromatic rings. The van der Waals surface area contributed by atoms with Gasteiger partial charge in [-0.05, 0) is 13.0 Å². The van der Waals surface area contributed by atoms with E-state index >= 15 is 0 Å². The van der Waals surface area contributed by atoms with E-state index in [2.05, 4.69) is 35.6 Å². The molecule has 0 amide bonds. The monoisotopic (exact) mass is 267 g/mol. The van der Waals surface area contributed by atoms with E-state index in [9.17, 15) is 5.11 Å². The van der Waals surface area contributed by atoms with Crippen LogP contribution in [0.3, 0.4) is 0 Å². The number of ether oxygens (including phenoxy) is 1. The Labute approximate surface area is 109 Å². The zero-order valence-corrected chi connectivity index (χ0v) is 12.5. The van der Waals surface area contributed by atoms with E-state index in [4.69, 9.17) is 11.2 Å². The van der Waals surface area contributed by atoms with E-state index in [1.165, 1.54) is 17.9 Å². The number of terminal acetylenes is 1. The first-order valence-electron chi connectivity index (χ1n) is 5.92. The molecule has 0 spiro atoms. The molecule has 1 aromatic heterocycles. The van der Waals surface area contributed by atoms with Gasteiger partial charge in [0.15, 0.2) is 11.4 Å². The highest BCUT2D eigenvalue weighted by atomic mass is 28.3. The second-order valence-electron chi connectivity index (χ2n) is 5.67. The van der Waals surface area contributed by atoms with Gasteiger partial charge in [-0.1, -0.05) is 25.6 Å². The standard InChI is InChI=1S/C12H21N3O2Si/c1-6-12(2,16)11-13-9-15(14-11)10-17-7-8-18(3,4)5/h1,9,16H,7-8,10H2,2-5H3/t12-/m1/s1. The van der Waals surface area contributed by atoms with Crippen LogP contribution < -0.4 is 0 Å². The van der Waals surface area contributed by atoms with Crippen molar-refractivity contribution in [2.45, 2.75) is 44.9 Å². The number of aliphatic hydroxyl groups is 1. The fourth-order valence-electron chi connectivity index (χ4n) is 1.18. The molecule has 0 unspecified atom stereocenters. The largest absolute Gasteiger partial charge is 0.371 e. The van der Waals surface area contributed by atoms with Crippen LogP contribution in [0.5, 0.6) is 0 Å². The van der Waals surface area contributed by atoms with E-state index in [0.29, 0.717) is 6.73 Å². The van der Waals surface area contributed by atoms with Crippen molar-refractivity contribution < 1.29 is 9.84 Å². The molecule has 0 saturated heterocycles. The van der Waals surface area contributed by atoms with Gasteiger partial charge >= 0.3 is 0 Å². The average molecular weight is 267 g/mol. The SMILES string of the molecule is C#C[C@@](C)(O)c1ncn(COCC[Si](C)(C)C)n1. The van der Waals surface area contributed by atoms with Crippen LogP contribution in [0, 0.1) is 12.3 Å². The second kappa shape index (κ2) is 5.65. The molecule has 6 heteroatoms. The molecule has 0 aliphatic rings. The Morgan fingerprint density at radius 3 is 2.78 bits per heavy atom. The van der Waals surface area contributed by atoms with Crippen molar-refractivity contribution in [1.82, 2.24) is 14.8 Å². The van der Waals surface area contributed by atoms with Gasteiger partial charge in [-0.2, -0.15) is 0 Å². The summed E-state index contributed by atoms with van der Waals surface area (Å²) in [6.45, 7) is 9.43. The van der Waals surface area contributed by atoms with Crippen LogP contribution >= 0.6 is 0 Å². The summed E-state index contributed by atoms with van der Waals surface area (Å²) in [6.07, 6.45) is 6.71. The summed E-state index contributed by atoms with van der Waals surface area (Å²) in [4.78, 5) is 3.97. The van der Waals surface area contributed by atoms with Crippen LogP contribution in [0.4, 0.5) is 0 Å². The van der Waals surface area contributed by atoms with Crippen molar-refractivity contribution in [2.24, 2.45) is 0 Å². The first kappa shape index (κ1) is 14.9. The molecule has 0 radical (unpaired) electrons. The van der Waals surface area contributed by atoms with Crippen molar-refractivity contribution in [2.75, 3.05) is 6.61 Å². The Hall–Kier alpha value is -1.16. The molecule has 0 bridgehead atoms. The van der Waals surface area contributed by atoms with E-state index in [-0.39, 0.29) is 5.82 Å². The first-order chi connectivity index (χ1) is 8.24.